The first-order valence-corrected chi connectivity index (χ1v) is 4.68. The molecule has 0 aliphatic carbocycles. The fourth-order valence-corrected chi connectivity index (χ4v) is 0.782. The van der Waals surface area contributed by atoms with Crippen LogP contribution in [0.4, 0.5) is 4.79 Å². The average molecular weight is 215 g/mol. The molecule has 0 aromatic carbocycles. The number of hydrogen-bond donors (Lipinski definition) is 1. The Hall–Kier alpha value is -1.52. The van der Waals surface area contributed by atoms with Crippen LogP contribution in [0.1, 0.15) is 13.8 Å². The summed E-state index contributed by atoms with van der Waals surface area (Å²) >= 11 is 0. The zero-order valence-corrected chi connectivity index (χ0v) is 9.28. The quantitative estimate of drug-likeness (QED) is 0.551. The van der Waals surface area contributed by atoms with E-state index in [1.807, 2.05) is 13.8 Å². The van der Waals surface area contributed by atoms with Gasteiger partial charge in [0.2, 0.25) is 0 Å². The van der Waals surface area contributed by atoms with Crippen LogP contribution in [-0.4, -0.2) is 31.8 Å². The zero-order valence-electron chi connectivity index (χ0n) is 9.28. The van der Waals surface area contributed by atoms with Crippen LogP contribution >= 0.6 is 0 Å². The van der Waals surface area contributed by atoms with Crippen molar-refractivity contribution in [3.05, 3.63) is 12.7 Å². The molecule has 0 aliphatic heterocycles. The lowest BCUT2D eigenvalue weighted by Crippen LogP contribution is -2.33. The Kier molecular flexibility index (Phi) is 6.17. The third-order valence-electron chi connectivity index (χ3n) is 1.76. The first kappa shape index (κ1) is 13.5. The van der Waals surface area contributed by atoms with E-state index in [0.29, 0.717) is 0 Å². The molecule has 0 rings (SSSR count). The molecular weight excluding hydrogens is 198 g/mol. The average Bonchev–Trinajstić information content (AvgIpc) is 2.22. The largest absolute Gasteiger partial charge is 0.459 e. The lowest BCUT2D eigenvalue weighted by Gasteiger charge is -2.20. The smallest absolute Gasteiger partial charge is 0.407 e. The molecule has 0 heterocycles. The van der Waals surface area contributed by atoms with Crippen LogP contribution in [0.2, 0.25) is 0 Å². The lowest BCUT2D eigenvalue weighted by molar-refractivity contribution is -0.141. The Bertz CT molecular complexity index is 238. The molecule has 0 spiro atoms. The van der Waals surface area contributed by atoms with Gasteiger partial charge in [-0.1, -0.05) is 20.4 Å². The summed E-state index contributed by atoms with van der Waals surface area (Å²) < 4.78 is 9.79. The molecule has 0 fully saturated rings. The van der Waals surface area contributed by atoms with Gasteiger partial charge in [0.25, 0.3) is 0 Å². The Morgan fingerprint density at radius 3 is 2.47 bits per heavy atom. The highest BCUT2D eigenvalue weighted by molar-refractivity contribution is 5.81. The molecule has 0 aromatic heterocycles. The second-order valence-corrected chi connectivity index (χ2v) is 3.27. The number of amides is 1. The number of carbonyl (C=O) groups is 2. The summed E-state index contributed by atoms with van der Waals surface area (Å²) in [5.41, 5.74) is 0. The van der Waals surface area contributed by atoms with Crippen molar-refractivity contribution in [1.82, 2.24) is 5.32 Å². The van der Waals surface area contributed by atoms with Gasteiger partial charge in [-0.25, -0.2) is 9.59 Å². The molecule has 0 saturated heterocycles. The van der Waals surface area contributed by atoms with E-state index in [2.05, 4.69) is 11.9 Å². The van der Waals surface area contributed by atoms with Crippen molar-refractivity contribution in [2.24, 2.45) is 5.92 Å². The molecule has 86 valence electrons. The number of nitrogens with one attached hydrogen (secondary N) is 1. The molecule has 15 heavy (non-hydrogen) atoms. The molecule has 0 saturated carbocycles. The van der Waals surface area contributed by atoms with Gasteiger partial charge in [-0.2, -0.15) is 0 Å². The summed E-state index contributed by atoms with van der Waals surface area (Å²) in [4.78, 5) is 21.7. The number of ether oxygens (including phenoxy) is 2. The molecule has 1 N–H and O–H groups in total. The van der Waals surface area contributed by atoms with Crippen molar-refractivity contribution >= 4 is 12.1 Å². The zero-order chi connectivity index (χ0) is 11.8. The molecule has 1 atom stereocenters. The molecule has 1 amide bonds. The maximum absolute atomic E-state index is 10.9. The highest BCUT2D eigenvalue weighted by Crippen LogP contribution is 2.07. The number of esters is 1. The van der Waals surface area contributed by atoms with E-state index < -0.39 is 18.2 Å². The van der Waals surface area contributed by atoms with E-state index >= 15 is 0 Å². The monoisotopic (exact) mass is 215 g/mol. The Labute approximate surface area is 89.4 Å². The number of hydrogen-bond acceptors (Lipinski definition) is 4. The second kappa shape index (κ2) is 6.86. The predicted octanol–water partition coefficient (Wildman–Crippen LogP) is 1.10. The van der Waals surface area contributed by atoms with E-state index in [1.54, 1.807) is 0 Å². The second-order valence-electron chi connectivity index (χ2n) is 3.27. The molecule has 1 unspecified atom stereocenters. The Morgan fingerprint density at radius 1 is 1.47 bits per heavy atom. The third-order valence-corrected chi connectivity index (χ3v) is 1.76. The van der Waals surface area contributed by atoms with Gasteiger partial charge in [-0.15, -0.1) is 0 Å². The number of alkyl carbamates (subject to hydrolysis) is 1. The van der Waals surface area contributed by atoms with Crippen LogP contribution in [0.25, 0.3) is 0 Å². The van der Waals surface area contributed by atoms with Crippen LogP contribution in [0.15, 0.2) is 12.7 Å². The van der Waals surface area contributed by atoms with Gasteiger partial charge in [-0.3, -0.25) is 0 Å². The van der Waals surface area contributed by atoms with Crippen molar-refractivity contribution < 1.29 is 19.1 Å². The molecule has 0 bridgehead atoms. The first-order chi connectivity index (χ1) is 7.01. The standard InChI is InChI=1S/C10H17NO4/c1-5-9(12)14-6-8(7(2)3)15-10(13)11-4/h5,7-8H,1,6H2,2-4H3,(H,11,13). The summed E-state index contributed by atoms with van der Waals surface area (Å²) in [7, 11) is 1.47. The minimum Gasteiger partial charge on any atom is -0.459 e. The van der Waals surface area contributed by atoms with Gasteiger partial charge in [0.1, 0.15) is 12.7 Å². The fourth-order valence-electron chi connectivity index (χ4n) is 0.782. The molecule has 0 aliphatic rings. The summed E-state index contributed by atoms with van der Waals surface area (Å²) in [5.74, 6) is -0.457. The topological polar surface area (TPSA) is 64.6 Å². The van der Waals surface area contributed by atoms with Gasteiger partial charge < -0.3 is 14.8 Å². The van der Waals surface area contributed by atoms with Gasteiger partial charge in [0.15, 0.2) is 0 Å². The van der Waals surface area contributed by atoms with Crippen LogP contribution < -0.4 is 5.32 Å². The molecule has 5 nitrogen and oxygen atoms in total. The van der Waals surface area contributed by atoms with E-state index in [0.717, 1.165) is 6.08 Å². The lowest BCUT2D eigenvalue weighted by atomic mass is 10.1. The van der Waals surface area contributed by atoms with Crippen LogP contribution in [0.5, 0.6) is 0 Å². The summed E-state index contributed by atoms with van der Waals surface area (Å²) in [6, 6.07) is 0. The normalized spacial score (nSPS) is 11.7. The summed E-state index contributed by atoms with van der Waals surface area (Å²) in [6.07, 6.45) is 0.0780. The highest BCUT2D eigenvalue weighted by atomic mass is 16.6. The Balaban J connectivity index is 4.10. The van der Waals surface area contributed by atoms with Crippen molar-refractivity contribution in [2.45, 2.75) is 20.0 Å². The van der Waals surface area contributed by atoms with Crippen LogP contribution in [0, 0.1) is 5.92 Å². The minimum atomic E-state index is -0.539. The maximum atomic E-state index is 10.9. The molecular formula is C10H17NO4. The van der Waals surface area contributed by atoms with E-state index in [1.165, 1.54) is 7.05 Å². The molecule has 0 radical (unpaired) electrons. The molecule has 5 heteroatoms. The minimum absolute atomic E-state index is 0.0376. The van der Waals surface area contributed by atoms with Crippen molar-refractivity contribution in [2.75, 3.05) is 13.7 Å². The summed E-state index contributed by atoms with van der Waals surface area (Å²) in [6.45, 7) is 7.04. The number of carbonyl (C=O) groups excluding carboxylic acids is 2. The van der Waals surface area contributed by atoms with E-state index in [-0.39, 0.29) is 12.5 Å². The SMILES string of the molecule is C=CC(=O)OCC(OC(=O)NC)C(C)C. The van der Waals surface area contributed by atoms with Gasteiger partial charge in [0.05, 0.1) is 0 Å². The van der Waals surface area contributed by atoms with Crippen LogP contribution in [-0.2, 0) is 14.3 Å². The third kappa shape index (κ3) is 5.72. The maximum Gasteiger partial charge on any atom is 0.407 e. The van der Waals surface area contributed by atoms with Crippen molar-refractivity contribution in [3.8, 4) is 0 Å². The van der Waals surface area contributed by atoms with Gasteiger partial charge >= 0.3 is 12.1 Å². The first-order valence-electron chi connectivity index (χ1n) is 4.68. The Morgan fingerprint density at radius 2 is 2.07 bits per heavy atom. The summed E-state index contributed by atoms with van der Waals surface area (Å²) in [5, 5.41) is 2.33. The fraction of sp³-hybridized carbons (Fsp3) is 0.600. The van der Waals surface area contributed by atoms with Gasteiger partial charge in [-0.05, 0) is 5.92 Å². The predicted molar refractivity (Wildman–Crippen MR) is 55.3 cm³/mol. The molecule has 0 aromatic rings. The van der Waals surface area contributed by atoms with Crippen molar-refractivity contribution in [1.29, 1.82) is 0 Å². The number of rotatable bonds is 5. The van der Waals surface area contributed by atoms with E-state index in [9.17, 15) is 9.59 Å². The van der Waals surface area contributed by atoms with Crippen LogP contribution in [0.3, 0.4) is 0 Å². The van der Waals surface area contributed by atoms with Gasteiger partial charge in [0, 0.05) is 13.1 Å². The highest BCUT2D eigenvalue weighted by Gasteiger charge is 2.19. The van der Waals surface area contributed by atoms with E-state index in [4.69, 9.17) is 9.47 Å². The van der Waals surface area contributed by atoms with Crippen molar-refractivity contribution in [3.63, 3.8) is 0 Å².